The number of rotatable bonds is 12. The summed E-state index contributed by atoms with van der Waals surface area (Å²) in [5.41, 5.74) is 2.35. The third-order valence-electron chi connectivity index (χ3n) is 7.60. The zero-order chi connectivity index (χ0) is 28.5. The van der Waals surface area contributed by atoms with Gasteiger partial charge in [-0.25, -0.2) is 0 Å². The number of halogens is 1. The van der Waals surface area contributed by atoms with Crippen LogP contribution in [0.4, 0.5) is 4.79 Å². The molecule has 1 atom stereocenters. The van der Waals surface area contributed by atoms with Gasteiger partial charge >= 0.3 is 247 Å². The third kappa shape index (κ3) is 9.05. The van der Waals surface area contributed by atoms with Crippen LogP contribution in [0.5, 0.6) is 0 Å². The predicted molar refractivity (Wildman–Crippen MR) is 166 cm³/mol. The Labute approximate surface area is 245 Å². The van der Waals surface area contributed by atoms with Gasteiger partial charge in [0.15, 0.2) is 0 Å². The summed E-state index contributed by atoms with van der Waals surface area (Å²) in [7, 11) is 0. The van der Waals surface area contributed by atoms with E-state index in [4.69, 9.17) is 26.3 Å². The van der Waals surface area contributed by atoms with Crippen molar-refractivity contribution in [2.75, 3.05) is 19.6 Å². The van der Waals surface area contributed by atoms with E-state index in [9.17, 15) is 4.79 Å². The molecular formula is C31H49ClN4O2Sn. The Kier molecular flexibility index (Phi) is 12.4. The Balaban J connectivity index is 2.18. The van der Waals surface area contributed by atoms with E-state index in [0.29, 0.717) is 18.1 Å². The molecule has 0 aliphatic carbocycles. The van der Waals surface area contributed by atoms with Crippen LogP contribution in [0.1, 0.15) is 91.8 Å². The summed E-state index contributed by atoms with van der Waals surface area (Å²) in [6, 6.07) is 9.84. The van der Waals surface area contributed by atoms with Crippen LogP contribution >= 0.6 is 11.6 Å². The van der Waals surface area contributed by atoms with E-state index in [1.807, 2.05) is 49.9 Å². The first kappa shape index (κ1) is 32.1. The Hall–Kier alpha value is -1.38. The minimum absolute atomic E-state index is 0.200. The molecule has 1 aromatic carbocycles. The minimum atomic E-state index is -2.97. The molecule has 1 aliphatic rings. The number of amides is 1. The molecule has 1 N–H and O–H groups in total. The molecule has 216 valence electrons. The molecule has 1 saturated heterocycles. The number of nitrogens with one attached hydrogen (secondary N) is 1. The molecule has 1 amide bonds. The van der Waals surface area contributed by atoms with Crippen molar-refractivity contribution in [3.63, 3.8) is 0 Å². The van der Waals surface area contributed by atoms with Crippen LogP contribution in [0.3, 0.4) is 0 Å². The number of benzene rings is 1. The van der Waals surface area contributed by atoms with Crippen LogP contribution in [-0.4, -0.2) is 64.6 Å². The molecule has 0 saturated carbocycles. The number of hydrogen-bond acceptors (Lipinski definition) is 5. The predicted octanol–water partition coefficient (Wildman–Crippen LogP) is 7.73. The van der Waals surface area contributed by atoms with E-state index in [-0.39, 0.29) is 12.1 Å². The van der Waals surface area contributed by atoms with Crippen LogP contribution in [0.15, 0.2) is 30.3 Å². The molecular weight excluding hydrogens is 615 g/mol. The molecule has 39 heavy (non-hydrogen) atoms. The van der Waals surface area contributed by atoms with Crippen LogP contribution in [0.2, 0.25) is 18.3 Å². The van der Waals surface area contributed by atoms with Crippen molar-refractivity contribution in [1.82, 2.24) is 20.2 Å². The zero-order valence-electron chi connectivity index (χ0n) is 25.0. The van der Waals surface area contributed by atoms with Crippen molar-refractivity contribution in [3.8, 4) is 11.3 Å². The molecule has 1 aromatic heterocycles. The Morgan fingerprint density at radius 2 is 1.62 bits per heavy atom. The summed E-state index contributed by atoms with van der Waals surface area (Å²) in [5.74, 6) is 0. The van der Waals surface area contributed by atoms with Gasteiger partial charge in [0.2, 0.25) is 0 Å². The number of unbranched alkanes of at least 4 members (excludes halogenated alkanes) is 3. The van der Waals surface area contributed by atoms with Gasteiger partial charge in [0, 0.05) is 0 Å². The summed E-state index contributed by atoms with van der Waals surface area (Å²) in [6.45, 7) is 14.6. The molecule has 2 heterocycles. The van der Waals surface area contributed by atoms with Gasteiger partial charge in [-0.15, -0.1) is 0 Å². The second-order valence-corrected chi connectivity index (χ2v) is 25.3. The summed E-state index contributed by atoms with van der Waals surface area (Å²) in [5, 5.41) is 4.21. The molecule has 0 spiro atoms. The second kappa shape index (κ2) is 15.0. The van der Waals surface area contributed by atoms with Crippen molar-refractivity contribution in [3.05, 3.63) is 41.0 Å². The monoisotopic (exact) mass is 664 g/mol. The molecule has 0 radical (unpaired) electrons. The van der Waals surface area contributed by atoms with E-state index in [0.717, 1.165) is 27.3 Å². The average Bonchev–Trinajstić information content (AvgIpc) is 2.92. The van der Waals surface area contributed by atoms with Crippen LogP contribution in [0, 0.1) is 0 Å². The quantitative estimate of drug-likeness (QED) is 0.236. The number of carbonyl (C=O) groups excluding carboxylic acids is 1. The second-order valence-electron chi connectivity index (χ2n) is 12.0. The number of piperazine rings is 1. The molecule has 0 bridgehead atoms. The normalized spacial score (nSPS) is 16.4. The Morgan fingerprint density at radius 3 is 2.15 bits per heavy atom. The summed E-state index contributed by atoms with van der Waals surface area (Å²) >= 11 is 3.27. The maximum absolute atomic E-state index is 13.3. The van der Waals surface area contributed by atoms with Crippen molar-refractivity contribution in [2.24, 2.45) is 0 Å². The average molecular weight is 664 g/mol. The van der Waals surface area contributed by atoms with Crippen LogP contribution in [-0.2, 0) is 4.74 Å². The van der Waals surface area contributed by atoms with Crippen molar-refractivity contribution in [1.29, 1.82) is 0 Å². The number of aromatic nitrogens is 2. The fourth-order valence-corrected chi connectivity index (χ4v) is 20.5. The molecule has 1 unspecified atom stereocenters. The van der Waals surface area contributed by atoms with Crippen molar-refractivity contribution >= 4 is 39.9 Å². The van der Waals surface area contributed by atoms with Gasteiger partial charge in [0.1, 0.15) is 0 Å². The topological polar surface area (TPSA) is 67.4 Å². The van der Waals surface area contributed by atoms with Gasteiger partial charge < -0.3 is 0 Å². The SMILES string of the molecule is CCC[CH2][Sn]([CH2]CCC)([CH2]CCC)[c]1nc(-c2ccc(Cl)cc2)cc(C2CNCCN2C(=O)OC(C)(C)C)n1. The van der Waals surface area contributed by atoms with E-state index in [1.165, 1.54) is 51.8 Å². The van der Waals surface area contributed by atoms with E-state index >= 15 is 0 Å². The standard InChI is InChI=1S/C19H22ClN4O2.3C4H9.Sn/c1-19(2,3)26-18(25)24-9-8-21-11-17(24)16-10-15(22-12-23-16)13-4-6-14(20)7-5-13;3*1-3-4-2;/h4-7,10,17,21H,8-9,11H2,1-3H3;3*1,3-4H2,2H3;. The number of carbonyl (C=O) groups is 1. The first-order valence-corrected chi connectivity index (χ1v) is 22.8. The molecule has 6 nitrogen and oxygen atoms in total. The van der Waals surface area contributed by atoms with E-state index < -0.39 is 24.0 Å². The molecule has 8 heteroatoms. The maximum atomic E-state index is 13.3. The van der Waals surface area contributed by atoms with Crippen molar-refractivity contribution in [2.45, 2.75) is 105 Å². The number of nitrogens with zero attached hydrogens (tertiary/aromatic N) is 3. The molecule has 1 fully saturated rings. The van der Waals surface area contributed by atoms with Gasteiger partial charge in [-0.1, -0.05) is 0 Å². The first-order chi connectivity index (χ1) is 18.6. The molecule has 1 aliphatic heterocycles. The van der Waals surface area contributed by atoms with Crippen molar-refractivity contribution < 1.29 is 9.53 Å². The zero-order valence-corrected chi connectivity index (χ0v) is 28.6. The van der Waals surface area contributed by atoms with Gasteiger partial charge in [0.05, 0.1) is 0 Å². The Bertz CT molecular complexity index is 1040. The molecule has 3 rings (SSSR count). The first-order valence-electron chi connectivity index (χ1n) is 15.0. The number of hydrogen-bond donors (Lipinski definition) is 1. The summed E-state index contributed by atoms with van der Waals surface area (Å²) in [4.78, 5) is 26.0. The van der Waals surface area contributed by atoms with Gasteiger partial charge in [-0.3, -0.25) is 0 Å². The molecule has 2 aromatic rings. The van der Waals surface area contributed by atoms with Gasteiger partial charge in [-0.2, -0.15) is 0 Å². The summed E-state index contributed by atoms with van der Waals surface area (Å²) < 4.78 is 10.8. The van der Waals surface area contributed by atoms with Crippen LogP contribution in [0.25, 0.3) is 11.3 Å². The fourth-order valence-electron chi connectivity index (χ4n) is 5.41. The fraction of sp³-hybridized carbons (Fsp3) is 0.645. The van der Waals surface area contributed by atoms with Gasteiger partial charge in [0.25, 0.3) is 0 Å². The number of ether oxygens (including phenoxy) is 1. The van der Waals surface area contributed by atoms with Gasteiger partial charge in [-0.05, 0) is 0 Å². The van der Waals surface area contributed by atoms with E-state index in [1.54, 1.807) is 0 Å². The Morgan fingerprint density at radius 1 is 1.03 bits per heavy atom. The van der Waals surface area contributed by atoms with E-state index in [2.05, 4.69) is 32.2 Å². The third-order valence-corrected chi connectivity index (χ3v) is 22.4. The summed E-state index contributed by atoms with van der Waals surface area (Å²) in [6.07, 6.45) is 7.02. The van der Waals surface area contributed by atoms with Crippen LogP contribution < -0.4 is 9.16 Å².